The number of hydrogen-bond donors (Lipinski definition) is 0. The van der Waals surface area contributed by atoms with Gasteiger partial charge in [-0.1, -0.05) is 105 Å². The third kappa shape index (κ3) is 4.74. The third-order valence-electron chi connectivity index (χ3n) is 9.01. The van der Waals surface area contributed by atoms with E-state index in [9.17, 15) is 0 Å². The molecule has 3 heteroatoms. The van der Waals surface area contributed by atoms with E-state index in [1.54, 1.807) is 12.4 Å². The van der Waals surface area contributed by atoms with Crippen molar-refractivity contribution in [3.05, 3.63) is 163 Å². The summed E-state index contributed by atoms with van der Waals surface area (Å²) in [4.78, 5) is 14.2. The molecule has 0 radical (unpaired) electrons. The average molecular weight is 578 g/mol. The van der Waals surface area contributed by atoms with Crippen molar-refractivity contribution in [3.8, 4) is 67.3 Å². The highest BCUT2D eigenvalue weighted by Gasteiger charge is 2.35. The van der Waals surface area contributed by atoms with Crippen molar-refractivity contribution < 1.29 is 0 Å². The Balaban J connectivity index is 1.23. The molecule has 0 unspecified atom stereocenters. The molecule has 4 aromatic carbocycles. The smallest absolute Gasteiger partial charge is 0.0900 e. The third-order valence-corrected chi connectivity index (χ3v) is 9.01. The first kappa shape index (κ1) is 26.9. The van der Waals surface area contributed by atoms with Crippen molar-refractivity contribution in [2.45, 2.75) is 19.3 Å². The molecule has 8 rings (SSSR count). The number of fused-ring (bicyclic) bond motifs is 3. The van der Waals surface area contributed by atoms with Gasteiger partial charge in [-0.2, -0.15) is 0 Å². The molecule has 0 saturated heterocycles. The van der Waals surface area contributed by atoms with Crippen molar-refractivity contribution in [1.82, 2.24) is 15.0 Å². The van der Waals surface area contributed by atoms with E-state index in [4.69, 9.17) is 4.98 Å². The van der Waals surface area contributed by atoms with Gasteiger partial charge in [0.25, 0.3) is 0 Å². The molecule has 0 amide bonds. The first-order valence-corrected chi connectivity index (χ1v) is 15.4. The molecule has 0 N–H and O–H groups in total. The summed E-state index contributed by atoms with van der Waals surface area (Å²) < 4.78 is 0. The van der Waals surface area contributed by atoms with E-state index in [0.29, 0.717) is 0 Å². The van der Waals surface area contributed by atoms with Crippen LogP contribution in [0.5, 0.6) is 0 Å². The van der Waals surface area contributed by atoms with Crippen molar-refractivity contribution in [2.75, 3.05) is 0 Å². The van der Waals surface area contributed by atoms with E-state index >= 15 is 0 Å². The number of pyridine rings is 3. The summed E-state index contributed by atoms with van der Waals surface area (Å²) in [5.74, 6) is 0. The van der Waals surface area contributed by atoms with Gasteiger partial charge in [0.1, 0.15) is 0 Å². The van der Waals surface area contributed by atoms with Gasteiger partial charge in [-0.15, -0.1) is 0 Å². The van der Waals surface area contributed by atoms with Gasteiger partial charge in [-0.25, -0.2) is 4.98 Å². The van der Waals surface area contributed by atoms with Crippen LogP contribution >= 0.6 is 0 Å². The zero-order valence-corrected chi connectivity index (χ0v) is 25.3. The Morgan fingerprint density at radius 2 is 0.933 bits per heavy atom. The van der Waals surface area contributed by atoms with Crippen LogP contribution in [0.25, 0.3) is 67.3 Å². The molecule has 0 atom stereocenters. The number of benzene rings is 4. The predicted octanol–water partition coefficient (Wildman–Crippen LogP) is 10.5. The first-order chi connectivity index (χ1) is 22.1. The zero-order valence-electron chi connectivity index (χ0n) is 25.3. The molecule has 0 fully saturated rings. The fourth-order valence-corrected chi connectivity index (χ4v) is 6.71. The highest BCUT2D eigenvalue weighted by Crippen LogP contribution is 2.50. The zero-order chi connectivity index (χ0) is 30.4. The minimum atomic E-state index is -0.0468. The lowest BCUT2D eigenvalue weighted by atomic mass is 9.81. The summed E-state index contributed by atoms with van der Waals surface area (Å²) in [6.45, 7) is 4.67. The van der Waals surface area contributed by atoms with Gasteiger partial charge in [0.2, 0.25) is 0 Å². The van der Waals surface area contributed by atoms with E-state index in [0.717, 1.165) is 33.9 Å². The van der Waals surface area contributed by atoms with Gasteiger partial charge in [0.15, 0.2) is 0 Å². The average Bonchev–Trinajstić information content (AvgIpc) is 3.34. The van der Waals surface area contributed by atoms with Crippen LogP contribution < -0.4 is 0 Å². The van der Waals surface area contributed by atoms with Gasteiger partial charge in [0.05, 0.1) is 22.8 Å². The molecule has 214 valence electrons. The molecule has 3 nitrogen and oxygen atoms in total. The maximum atomic E-state index is 4.96. The fourth-order valence-electron chi connectivity index (χ4n) is 6.71. The first-order valence-electron chi connectivity index (χ1n) is 15.4. The van der Waals surface area contributed by atoms with Crippen molar-refractivity contribution in [3.63, 3.8) is 0 Å². The van der Waals surface area contributed by atoms with Crippen LogP contribution in [0.2, 0.25) is 0 Å². The van der Waals surface area contributed by atoms with Crippen LogP contribution in [0.1, 0.15) is 25.0 Å². The second kappa shape index (κ2) is 10.8. The van der Waals surface area contributed by atoms with Gasteiger partial charge < -0.3 is 0 Å². The minimum Gasteiger partial charge on any atom is -0.255 e. The van der Waals surface area contributed by atoms with Crippen molar-refractivity contribution >= 4 is 0 Å². The lowest BCUT2D eigenvalue weighted by molar-refractivity contribution is 0.660. The highest BCUT2D eigenvalue weighted by atomic mass is 14.8. The second-order valence-electron chi connectivity index (χ2n) is 12.1. The van der Waals surface area contributed by atoms with E-state index in [1.165, 1.54) is 44.5 Å². The molecule has 7 aromatic rings. The molecule has 0 aliphatic heterocycles. The molecule has 1 aliphatic carbocycles. The summed E-state index contributed by atoms with van der Waals surface area (Å²) in [5, 5.41) is 0. The van der Waals surface area contributed by atoms with Crippen LogP contribution in [0.15, 0.2) is 152 Å². The Morgan fingerprint density at radius 3 is 1.58 bits per heavy atom. The van der Waals surface area contributed by atoms with Crippen molar-refractivity contribution in [1.29, 1.82) is 0 Å². The quantitative estimate of drug-likeness (QED) is 0.204. The monoisotopic (exact) mass is 577 g/mol. The van der Waals surface area contributed by atoms with E-state index in [-0.39, 0.29) is 5.41 Å². The Kier molecular flexibility index (Phi) is 6.46. The Bertz CT molecular complexity index is 2130. The standard InChI is InChI=1S/C42H31N3/c1-42(2)36-17-6-5-16-34(36)35-21-20-30(25-37(35)42)33-15-4-3-14-32(33)29-13-11-12-28(24-29)31-26-40(38-18-7-9-22-43-38)45-41(27-31)39-19-8-10-23-44-39/h3-27H,1-2H3. The lowest BCUT2D eigenvalue weighted by Crippen LogP contribution is -2.14. The van der Waals surface area contributed by atoms with Gasteiger partial charge in [0, 0.05) is 17.8 Å². The van der Waals surface area contributed by atoms with Crippen molar-refractivity contribution in [2.24, 2.45) is 0 Å². The Labute approximate surface area is 264 Å². The van der Waals surface area contributed by atoms with E-state index in [1.807, 2.05) is 36.4 Å². The normalized spacial score (nSPS) is 12.8. The SMILES string of the molecule is CC1(C)c2ccccc2-c2ccc(-c3ccccc3-c3cccc(-c4cc(-c5ccccn5)nc(-c5ccccn5)c4)c3)cc21. The van der Waals surface area contributed by atoms with E-state index in [2.05, 4.69) is 127 Å². The predicted molar refractivity (Wildman–Crippen MR) is 185 cm³/mol. The number of rotatable bonds is 5. The molecule has 3 heterocycles. The summed E-state index contributed by atoms with van der Waals surface area (Å²) >= 11 is 0. The van der Waals surface area contributed by atoms with Crippen LogP contribution in [-0.2, 0) is 5.41 Å². The fraction of sp³-hybridized carbons (Fsp3) is 0.0714. The number of aromatic nitrogens is 3. The second-order valence-corrected chi connectivity index (χ2v) is 12.1. The lowest BCUT2D eigenvalue weighted by Gasteiger charge is -2.22. The maximum Gasteiger partial charge on any atom is 0.0900 e. The molecular weight excluding hydrogens is 546 g/mol. The largest absolute Gasteiger partial charge is 0.255 e. The molecule has 45 heavy (non-hydrogen) atoms. The van der Waals surface area contributed by atoms with Gasteiger partial charge in [-0.3, -0.25) is 9.97 Å². The summed E-state index contributed by atoms with van der Waals surface area (Å²) in [5.41, 5.74) is 15.7. The van der Waals surface area contributed by atoms with E-state index < -0.39 is 0 Å². The summed E-state index contributed by atoms with van der Waals surface area (Å²) in [6, 6.07) is 49.4. The number of hydrogen-bond acceptors (Lipinski definition) is 3. The van der Waals surface area contributed by atoms with Gasteiger partial charge >= 0.3 is 0 Å². The minimum absolute atomic E-state index is 0.0468. The Morgan fingerprint density at radius 1 is 0.378 bits per heavy atom. The molecular formula is C42H31N3. The molecule has 0 saturated carbocycles. The van der Waals surface area contributed by atoms with Crippen LogP contribution in [-0.4, -0.2) is 15.0 Å². The van der Waals surface area contributed by atoms with Crippen LogP contribution in [0.3, 0.4) is 0 Å². The highest BCUT2D eigenvalue weighted by molar-refractivity contribution is 5.89. The van der Waals surface area contributed by atoms with Crippen LogP contribution in [0.4, 0.5) is 0 Å². The summed E-state index contributed by atoms with van der Waals surface area (Å²) in [7, 11) is 0. The molecule has 0 spiro atoms. The molecule has 3 aromatic heterocycles. The topological polar surface area (TPSA) is 38.7 Å². The molecule has 0 bridgehead atoms. The summed E-state index contributed by atoms with van der Waals surface area (Å²) in [6.07, 6.45) is 3.61. The molecule has 1 aliphatic rings. The Hall–Kier alpha value is -5.67. The number of nitrogens with zero attached hydrogens (tertiary/aromatic N) is 3. The van der Waals surface area contributed by atoms with Gasteiger partial charge in [-0.05, 0) is 104 Å². The van der Waals surface area contributed by atoms with Crippen LogP contribution in [0, 0.1) is 0 Å². The maximum absolute atomic E-state index is 4.96.